The SMILES string of the molecule is Cc1ccc(S(=O)(=O)N2CCN(C(=O)C(C)Oc3ccc(Cl)cc3)CC2)c(C)c1. The van der Waals surface area contributed by atoms with Gasteiger partial charge in [0.2, 0.25) is 10.0 Å². The molecule has 1 atom stereocenters. The van der Waals surface area contributed by atoms with Crippen molar-refractivity contribution < 1.29 is 17.9 Å². The smallest absolute Gasteiger partial charge is 0.263 e. The molecule has 0 bridgehead atoms. The maximum Gasteiger partial charge on any atom is 0.263 e. The van der Waals surface area contributed by atoms with Crippen LogP contribution in [0.1, 0.15) is 18.1 Å². The van der Waals surface area contributed by atoms with Crippen LogP contribution in [0, 0.1) is 13.8 Å². The third kappa shape index (κ3) is 4.91. The van der Waals surface area contributed by atoms with Crippen LogP contribution in [0.3, 0.4) is 0 Å². The Morgan fingerprint density at radius 3 is 2.24 bits per heavy atom. The van der Waals surface area contributed by atoms with E-state index in [1.807, 2.05) is 13.0 Å². The van der Waals surface area contributed by atoms with E-state index < -0.39 is 16.1 Å². The molecule has 2 aromatic rings. The molecule has 2 aromatic carbocycles. The molecule has 0 N–H and O–H groups in total. The van der Waals surface area contributed by atoms with Gasteiger partial charge in [-0.1, -0.05) is 29.3 Å². The zero-order chi connectivity index (χ0) is 21.2. The fraction of sp³-hybridized carbons (Fsp3) is 0.381. The second-order valence-electron chi connectivity index (χ2n) is 7.21. The summed E-state index contributed by atoms with van der Waals surface area (Å²) in [7, 11) is -3.58. The van der Waals surface area contributed by atoms with E-state index in [1.54, 1.807) is 55.1 Å². The average Bonchev–Trinajstić information content (AvgIpc) is 2.69. The Morgan fingerprint density at radius 2 is 1.66 bits per heavy atom. The van der Waals surface area contributed by atoms with E-state index >= 15 is 0 Å². The second-order valence-corrected chi connectivity index (χ2v) is 9.56. The van der Waals surface area contributed by atoms with Crippen molar-refractivity contribution in [2.75, 3.05) is 26.2 Å². The number of nitrogens with zero attached hydrogens (tertiary/aromatic N) is 2. The summed E-state index contributed by atoms with van der Waals surface area (Å²) in [4.78, 5) is 14.7. The topological polar surface area (TPSA) is 66.9 Å². The summed E-state index contributed by atoms with van der Waals surface area (Å²) >= 11 is 5.86. The fourth-order valence-corrected chi connectivity index (χ4v) is 5.16. The number of ether oxygens (including phenoxy) is 1. The molecule has 1 saturated heterocycles. The summed E-state index contributed by atoms with van der Waals surface area (Å²) < 4.78 is 33.1. The average molecular weight is 437 g/mol. The minimum atomic E-state index is -3.58. The second kappa shape index (κ2) is 8.73. The minimum absolute atomic E-state index is 0.163. The van der Waals surface area contributed by atoms with Gasteiger partial charge in [0.05, 0.1) is 4.90 Å². The number of piperazine rings is 1. The van der Waals surface area contributed by atoms with Gasteiger partial charge in [0.15, 0.2) is 6.10 Å². The van der Waals surface area contributed by atoms with Crippen LogP contribution in [0.5, 0.6) is 5.75 Å². The predicted molar refractivity (Wildman–Crippen MR) is 113 cm³/mol. The lowest BCUT2D eigenvalue weighted by molar-refractivity contribution is -0.139. The Labute approximate surface area is 177 Å². The van der Waals surface area contributed by atoms with E-state index in [4.69, 9.17) is 16.3 Å². The van der Waals surface area contributed by atoms with Crippen molar-refractivity contribution in [2.24, 2.45) is 0 Å². The van der Waals surface area contributed by atoms with Crippen LogP contribution in [0.2, 0.25) is 5.02 Å². The molecule has 0 radical (unpaired) electrons. The van der Waals surface area contributed by atoms with Crippen LogP contribution in [0.4, 0.5) is 0 Å². The first kappa shape index (κ1) is 21.6. The van der Waals surface area contributed by atoms with E-state index in [0.29, 0.717) is 28.8 Å². The van der Waals surface area contributed by atoms with Gasteiger partial charge in [-0.15, -0.1) is 0 Å². The summed E-state index contributed by atoms with van der Waals surface area (Å²) in [5, 5.41) is 0.595. The summed E-state index contributed by atoms with van der Waals surface area (Å²) in [5.74, 6) is 0.398. The number of carbonyl (C=O) groups excluding carboxylic acids is 1. The molecule has 1 amide bonds. The van der Waals surface area contributed by atoms with Crippen molar-refractivity contribution >= 4 is 27.5 Å². The van der Waals surface area contributed by atoms with Crippen molar-refractivity contribution in [3.63, 3.8) is 0 Å². The van der Waals surface area contributed by atoms with Gasteiger partial charge in [-0.05, 0) is 56.7 Å². The number of hydrogen-bond acceptors (Lipinski definition) is 4. The van der Waals surface area contributed by atoms with Gasteiger partial charge < -0.3 is 9.64 Å². The zero-order valence-corrected chi connectivity index (χ0v) is 18.3. The van der Waals surface area contributed by atoms with Crippen LogP contribution in [0.15, 0.2) is 47.4 Å². The Hall–Kier alpha value is -2.09. The highest BCUT2D eigenvalue weighted by Crippen LogP contribution is 2.23. The number of amides is 1. The number of benzene rings is 2. The first-order chi connectivity index (χ1) is 13.7. The Balaban J connectivity index is 1.62. The van der Waals surface area contributed by atoms with Crippen molar-refractivity contribution in [3.05, 3.63) is 58.6 Å². The first-order valence-corrected chi connectivity index (χ1v) is 11.3. The summed E-state index contributed by atoms with van der Waals surface area (Å²) in [6, 6.07) is 12.1. The molecule has 6 nitrogen and oxygen atoms in total. The number of halogens is 1. The highest BCUT2D eigenvalue weighted by atomic mass is 35.5. The molecule has 0 aliphatic carbocycles. The molecule has 0 aromatic heterocycles. The fourth-order valence-electron chi connectivity index (χ4n) is 3.40. The summed E-state index contributed by atoms with van der Waals surface area (Å²) in [5.41, 5.74) is 1.75. The van der Waals surface area contributed by atoms with Crippen LogP contribution in [-0.4, -0.2) is 55.8 Å². The number of hydrogen-bond donors (Lipinski definition) is 0. The standard InChI is InChI=1S/C21H25ClN2O4S/c1-15-4-9-20(16(2)14-15)29(26,27)24-12-10-23(11-13-24)21(25)17(3)28-19-7-5-18(22)6-8-19/h4-9,14,17H,10-13H2,1-3H3. The van der Waals surface area contributed by atoms with Crippen LogP contribution < -0.4 is 4.74 Å². The van der Waals surface area contributed by atoms with Crippen LogP contribution >= 0.6 is 11.6 Å². The lowest BCUT2D eigenvalue weighted by Gasteiger charge is -2.35. The van der Waals surface area contributed by atoms with E-state index in [1.165, 1.54) is 4.31 Å². The molecule has 1 heterocycles. The molecule has 1 fully saturated rings. The Morgan fingerprint density at radius 1 is 1.03 bits per heavy atom. The number of aryl methyl sites for hydroxylation is 2. The highest BCUT2D eigenvalue weighted by Gasteiger charge is 2.32. The molecule has 8 heteroatoms. The van der Waals surface area contributed by atoms with Crippen molar-refractivity contribution in [1.82, 2.24) is 9.21 Å². The third-order valence-electron chi connectivity index (χ3n) is 4.97. The maximum atomic E-state index is 13.0. The predicted octanol–water partition coefficient (Wildman–Crippen LogP) is 3.26. The molecule has 156 valence electrons. The molecular formula is C21H25ClN2O4S. The molecule has 1 aliphatic heterocycles. The molecule has 3 rings (SSSR count). The van der Waals surface area contributed by atoms with Crippen LogP contribution in [0.25, 0.3) is 0 Å². The number of rotatable bonds is 5. The zero-order valence-electron chi connectivity index (χ0n) is 16.8. The molecule has 1 aliphatic rings. The van der Waals surface area contributed by atoms with E-state index in [2.05, 4.69) is 0 Å². The lowest BCUT2D eigenvalue weighted by Crippen LogP contribution is -2.53. The molecular weight excluding hydrogens is 412 g/mol. The summed E-state index contributed by atoms with van der Waals surface area (Å²) in [6.45, 7) is 6.60. The van der Waals surface area contributed by atoms with E-state index in [-0.39, 0.29) is 19.0 Å². The number of carbonyl (C=O) groups is 1. The molecule has 0 spiro atoms. The monoisotopic (exact) mass is 436 g/mol. The Bertz CT molecular complexity index is 984. The molecule has 1 unspecified atom stereocenters. The van der Waals surface area contributed by atoms with Crippen molar-refractivity contribution in [1.29, 1.82) is 0 Å². The maximum absolute atomic E-state index is 13.0. The highest BCUT2D eigenvalue weighted by molar-refractivity contribution is 7.89. The summed E-state index contributed by atoms with van der Waals surface area (Å²) in [6.07, 6.45) is -0.668. The minimum Gasteiger partial charge on any atom is -0.481 e. The van der Waals surface area contributed by atoms with Gasteiger partial charge in [-0.2, -0.15) is 4.31 Å². The molecule has 0 saturated carbocycles. The van der Waals surface area contributed by atoms with Gasteiger partial charge in [0.25, 0.3) is 5.91 Å². The van der Waals surface area contributed by atoms with Crippen LogP contribution in [-0.2, 0) is 14.8 Å². The van der Waals surface area contributed by atoms with Gasteiger partial charge >= 0.3 is 0 Å². The van der Waals surface area contributed by atoms with Crippen molar-refractivity contribution in [3.8, 4) is 5.75 Å². The largest absolute Gasteiger partial charge is 0.481 e. The lowest BCUT2D eigenvalue weighted by atomic mass is 10.2. The van der Waals surface area contributed by atoms with E-state index in [9.17, 15) is 13.2 Å². The Kier molecular flexibility index (Phi) is 6.51. The van der Waals surface area contributed by atoms with Gasteiger partial charge in [-0.3, -0.25) is 4.79 Å². The normalized spacial score (nSPS) is 16.5. The van der Waals surface area contributed by atoms with Gasteiger partial charge in [0.1, 0.15) is 5.75 Å². The molecule has 29 heavy (non-hydrogen) atoms. The first-order valence-electron chi connectivity index (χ1n) is 9.47. The quantitative estimate of drug-likeness (QED) is 0.721. The number of sulfonamides is 1. The third-order valence-corrected chi connectivity index (χ3v) is 7.28. The van der Waals surface area contributed by atoms with E-state index in [0.717, 1.165) is 11.1 Å². The van der Waals surface area contributed by atoms with Gasteiger partial charge in [-0.25, -0.2) is 8.42 Å². The van der Waals surface area contributed by atoms with Crippen molar-refractivity contribution in [2.45, 2.75) is 31.8 Å². The van der Waals surface area contributed by atoms with Gasteiger partial charge in [0, 0.05) is 31.2 Å².